The second-order valence-electron chi connectivity index (χ2n) is 5.34. The zero-order chi connectivity index (χ0) is 16.5. The number of methoxy groups -OCH3 is 1. The standard InChI is InChI=1S/C14H20O7S/c1-8-3-5-9(6-4-8)22(18,19)7-10-11(15)12(16)13(17)14(20-2)21-10/h3-6,10-17H,7H2,1-2H3/t10-,11+,12+,13-,14+/m1/s1. The van der Waals surface area contributed by atoms with Crippen molar-refractivity contribution in [3.63, 3.8) is 0 Å². The van der Waals surface area contributed by atoms with Crippen molar-refractivity contribution in [2.75, 3.05) is 12.9 Å². The fourth-order valence-electron chi connectivity index (χ4n) is 2.31. The van der Waals surface area contributed by atoms with Crippen LogP contribution in [-0.4, -0.2) is 67.3 Å². The van der Waals surface area contributed by atoms with Gasteiger partial charge in [-0.2, -0.15) is 0 Å². The van der Waals surface area contributed by atoms with Crippen LogP contribution in [0.3, 0.4) is 0 Å². The van der Waals surface area contributed by atoms with Gasteiger partial charge in [-0.15, -0.1) is 0 Å². The zero-order valence-electron chi connectivity index (χ0n) is 12.3. The van der Waals surface area contributed by atoms with Crippen LogP contribution in [0.5, 0.6) is 0 Å². The van der Waals surface area contributed by atoms with Gasteiger partial charge in [-0.3, -0.25) is 0 Å². The van der Waals surface area contributed by atoms with E-state index in [-0.39, 0.29) is 4.90 Å². The normalized spacial score (nSPS) is 32.9. The molecule has 0 radical (unpaired) electrons. The molecule has 1 fully saturated rings. The highest BCUT2D eigenvalue weighted by molar-refractivity contribution is 7.91. The van der Waals surface area contributed by atoms with Gasteiger partial charge in [0.25, 0.3) is 0 Å². The molecule has 0 unspecified atom stereocenters. The summed E-state index contributed by atoms with van der Waals surface area (Å²) in [6, 6.07) is 6.28. The van der Waals surface area contributed by atoms with Crippen LogP contribution in [-0.2, 0) is 19.3 Å². The molecule has 8 heteroatoms. The van der Waals surface area contributed by atoms with Gasteiger partial charge in [0.2, 0.25) is 0 Å². The number of benzene rings is 1. The summed E-state index contributed by atoms with van der Waals surface area (Å²) in [6.07, 6.45) is -6.91. The van der Waals surface area contributed by atoms with E-state index in [9.17, 15) is 23.7 Å². The first-order chi connectivity index (χ1) is 10.3. The Kier molecular flexibility index (Phi) is 5.21. The number of aliphatic hydroxyl groups excluding tert-OH is 3. The van der Waals surface area contributed by atoms with Gasteiger partial charge in [-0.25, -0.2) is 8.42 Å². The summed E-state index contributed by atoms with van der Waals surface area (Å²) in [6.45, 7) is 1.84. The zero-order valence-corrected chi connectivity index (χ0v) is 13.1. The topological polar surface area (TPSA) is 113 Å². The van der Waals surface area contributed by atoms with Gasteiger partial charge >= 0.3 is 0 Å². The molecule has 0 bridgehead atoms. The van der Waals surface area contributed by atoms with E-state index in [0.717, 1.165) is 5.56 Å². The van der Waals surface area contributed by atoms with Gasteiger partial charge in [0, 0.05) is 7.11 Å². The second-order valence-corrected chi connectivity index (χ2v) is 7.38. The molecule has 0 spiro atoms. The van der Waals surface area contributed by atoms with Crippen LogP contribution in [0.25, 0.3) is 0 Å². The summed E-state index contributed by atoms with van der Waals surface area (Å²) in [7, 11) is -2.46. The van der Waals surface area contributed by atoms with Gasteiger partial charge in [-0.05, 0) is 19.1 Å². The Morgan fingerprint density at radius 1 is 1.09 bits per heavy atom. The largest absolute Gasteiger partial charge is 0.388 e. The molecule has 1 aliphatic rings. The van der Waals surface area contributed by atoms with Crippen molar-refractivity contribution >= 4 is 9.84 Å². The lowest BCUT2D eigenvalue weighted by atomic mass is 10.00. The first-order valence-corrected chi connectivity index (χ1v) is 8.43. The first-order valence-electron chi connectivity index (χ1n) is 6.78. The van der Waals surface area contributed by atoms with Gasteiger partial charge in [0.15, 0.2) is 16.1 Å². The highest BCUT2D eigenvalue weighted by Gasteiger charge is 2.45. The molecule has 1 aromatic carbocycles. The lowest BCUT2D eigenvalue weighted by Crippen LogP contribution is -2.59. The summed E-state index contributed by atoms with van der Waals surface area (Å²) < 4.78 is 34.8. The first kappa shape index (κ1) is 17.3. The maximum absolute atomic E-state index is 12.4. The predicted octanol–water partition coefficient (Wildman–Crippen LogP) is -0.777. The van der Waals surface area contributed by atoms with E-state index >= 15 is 0 Å². The van der Waals surface area contributed by atoms with E-state index in [1.165, 1.54) is 19.2 Å². The molecule has 1 aromatic rings. The molecule has 3 N–H and O–H groups in total. The maximum atomic E-state index is 12.4. The quantitative estimate of drug-likeness (QED) is 0.663. The molecule has 1 aliphatic heterocycles. The Hall–Kier alpha value is -1.03. The minimum atomic E-state index is -3.72. The fourth-order valence-corrected chi connectivity index (χ4v) is 3.76. The Morgan fingerprint density at radius 2 is 1.68 bits per heavy atom. The minimum Gasteiger partial charge on any atom is -0.388 e. The van der Waals surface area contributed by atoms with Crippen molar-refractivity contribution in [3.05, 3.63) is 29.8 Å². The van der Waals surface area contributed by atoms with Crippen molar-refractivity contribution in [3.8, 4) is 0 Å². The number of hydrogen-bond donors (Lipinski definition) is 3. The van der Waals surface area contributed by atoms with Crippen molar-refractivity contribution < 1.29 is 33.2 Å². The van der Waals surface area contributed by atoms with Crippen LogP contribution in [0.4, 0.5) is 0 Å². The molecule has 22 heavy (non-hydrogen) atoms. The summed E-state index contributed by atoms with van der Waals surface area (Å²) in [5.74, 6) is -0.527. The Balaban J connectivity index is 2.19. The van der Waals surface area contributed by atoms with Crippen molar-refractivity contribution in [2.24, 2.45) is 0 Å². The Labute approximate surface area is 129 Å². The smallest absolute Gasteiger partial charge is 0.186 e. The van der Waals surface area contributed by atoms with Gasteiger partial charge in [0.1, 0.15) is 24.4 Å². The van der Waals surface area contributed by atoms with E-state index in [0.29, 0.717) is 0 Å². The molecule has 0 aliphatic carbocycles. The van der Waals surface area contributed by atoms with Crippen LogP contribution in [0.2, 0.25) is 0 Å². The number of aryl methyl sites for hydroxylation is 1. The van der Waals surface area contributed by atoms with Crippen molar-refractivity contribution in [1.29, 1.82) is 0 Å². The lowest BCUT2D eigenvalue weighted by molar-refractivity contribution is -0.285. The number of sulfone groups is 1. The molecular weight excluding hydrogens is 312 g/mol. The van der Waals surface area contributed by atoms with E-state index in [1.54, 1.807) is 12.1 Å². The molecule has 0 aromatic heterocycles. The highest BCUT2D eigenvalue weighted by atomic mass is 32.2. The monoisotopic (exact) mass is 332 g/mol. The van der Waals surface area contributed by atoms with Gasteiger partial charge in [-0.1, -0.05) is 17.7 Å². The van der Waals surface area contributed by atoms with E-state index in [2.05, 4.69) is 0 Å². The average Bonchev–Trinajstić information content (AvgIpc) is 2.48. The SMILES string of the molecule is CO[C@H]1O[C@H](CS(=O)(=O)c2ccc(C)cc2)[C@H](O)[C@H](O)[C@H]1O. The van der Waals surface area contributed by atoms with E-state index in [1.807, 2.05) is 6.92 Å². The number of rotatable bonds is 4. The summed E-state index contributed by atoms with van der Waals surface area (Å²) >= 11 is 0. The molecule has 2 rings (SSSR count). The van der Waals surface area contributed by atoms with Crippen LogP contribution in [0.15, 0.2) is 29.2 Å². The molecular formula is C14H20O7S. The molecule has 124 valence electrons. The maximum Gasteiger partial charge on any atom is 0.186 e. The van der Waals surface area contributed by atoms with Crippen molar-refractivity contribution in [1.82, 2.24) is 0 Å². The molecule has 5 atom stereocenters. The summed E-state index contributed by atoms with van der Waals surface area (Å²) in [5, 5.41) is 29.3. The van der Waals surface area contributed by atoms with Crippen LogP contribution >= 0.6 is 0 Å². The van der Waals surface area contributed by atoms with Crippen LogP contribution in [0, 0.1) is 6.92 Å². The molecule has 1 saturated heterocycles. The minimum absolute atomic E-state index is 0.100. The third kappa shape index (κ3) is 3.48. The third-order valence-electron chi connectivity index (χ3n) is 3.66. The van der Waals surface area contributed by atoms with Gasteiger partial charge < -0.3 is 24.8 Å². The molecule has 0 saturated carbocycles. The van der Waals surface area contributed by atoms with E-state index < -0.39 is 46.3 Å². The van der Waals surface area contributed by atoms with Crippen molar-refractivity contribution in [2.45, 2.75) is 42.5 Å². The molecule has 0 amide bonds. The number of aliphatic hydroxyl groups is 3. The third-order valence-corrected chi connectivity index (χ3v) is 5.42. The van der Waals surface area contributed by atoms with Crippen LogP contribution < -0.4 is 0 Å². The molecule has 1 heterocycles. The second kappa shape index (κ2) is 6.61. The fraction of sp³-hybridized carbons (Fsp3) is 0.571. The van der Waals surface area contributed by atoms with E-state index in [4.69, 9.17) is 9.47 Å². The Morgan fingerprint density at radius 3 is 2.23 bits per heavy atom. The lowest BCUT2D eigenvalue weighted by Gasteiger charge is -2.39. The number of ether oxygens (including phenoxy) is 2. The highest BCUT2D eigenvalue weighted by Crippen LogP contribution is 2.24. The average molecular weight is 332 g/mol. The number of hydrogen-bond acceptors (Lipinski definition) is 7. The molecule has 7 nitrogen and oxygen atoms in total. The predicted molar refractivity (Wildman–Crippen MR) is 76.9 cm³/mol. The summed E-state index contributed by atoms with van der Waals surface area (Å²) in [4.78, 5) is 0.100. The van der Waals surface area contributed by atoms with Crippen LogP contribution in [0.1, 0.15) is 5.56 Å². The van der Waals surface area contributed by atoms with Gasteiger partial charge in [0.05, 0.1) is 10.6 Å². The Bertz CT molecular complexity index is 596. The summed E-state index contributed by atoms with van der Waals surface area (Å²) in [5.41, 5.74) is 0.922.